The summed E-state index contributed by atoms with van der Waals surface area (Å²) in [5, 5.41) is 2.95. The van der Waals surface area contributed by atoms with Crippen LogP contribution in [0.1, 0.15) is 12.0 Å². The summed E-state index contributed by atoms with van der Waals surface area (Å²) in [5.41, 5.74) is -0.313. The summed E-state index contributed by atoms with van der Waals surface area (Å²) in [7, 11) is 0. The van der Waals surface area contributed by atoms with Gasteiger partial charge in [0.25, 0.3) is 5.56 Å². The molecule has 4 rings (SSSR count). The molecule has 0 spiro atoms. The lowest BCUT2D eigenvalue weighted by molar-refractivity contribution is -0.137. The molecule has 1 fully saturated rings. The second kappa shape index (κ2) is 7.29. The highest BCUT2D eigenvalue weighted by Crippen LogP contribution is 2.33. The van der Waals surface area contributed by atoms with Crippen LogP contribution in [0.15, 0.2) is 53.6 Å². The van der Waals surface area contributed by atoms with E-state index in [0.29, 0.717) is 16.6 Å². The molecule has 7 nitrogen and oxygen atoms in total. The number of halogens is 3. The molecule has 2 aromatic carbocycles. The quantitative estimate of drug-likeness (QED) is 0.686. The van der Waals surface area contributed by atoms with Gasteiger partial charge < -0.3 is 15.2 Å². The van der Waals surface area contributed by atoms with E-state index in [0.717, 1.165) is 12.1 Å². The van der Waals surface area contributed by atoms with Crippen LogP contribution < -0.4 is 15.8 Å². The second-order valence-electron chi connectivity index (χ2n) is 6.91. The van der Waals surface area contributed by atoms with Crippen LogP contribution >= 0.6 is 0 Å². The fourth-order valence-corrected chi connectivity index (χ4v) is 3.37. The molecule has 30 heavy (non-hydrogen) atoms. The number of nitrogens with one attached hydrogen (secondary N) is 2. The summed E-state index contributed by atoms with van der Waals surface area (Å²) in [6.07, 6.45) is -3.38. The summed E-state index contributed by atoms with van der Waals surface area (Å²) in [5.74, 6) is -1.64. The number of hydrogen-bond acceptors (Lipinski definition) is 4. The van der Waals surface area contributed by atoms with Gasteiger partial charge in [-0.3, -0.25) is 14.4 Å². The van der Waals surface area contributed by atoms with Gasteiger partial charge in [-0.2, -0.15) is 13.2 Å². The van der Waals surface area contributed by atoms with Crippen molar-refractivity contribution < 1.29 is 22.8 Å². The largest absolute Gasteiger partial charge is 0.416 e. The number of amides is 2. The average Bonchev–Trinajstić information content (AvgIpc) is 3.10. The van der Waals surface area contributed by atoms with E-state index in [1.54, 1.807) is 12.1 Å². The number of carbonyl (C=O) groups excluding carboxylic acids is 2. The highest BCUT2D eigenvalue weighted by Gasteiger charge is 2.37. The van der Waals surface area contributed by atoms with Gasteiger partial charge >= 0.3 is 6.18 Å². The van der Waals surface area contributed by atoms with Crippen LogP contribution in [-0.2, 0) is 15.8 Å². The minimum atomic E-state index is -4.53. The molecule has 1 aliphatic rings. The van der Waals surface area contributed by atoms with Gasteiger partial charge in [0.05, 0.1) is 28.7 Å². The Morgan fingerprint density at radius 2 is 1.97 bits per heavy atom. The molecule has 1 atom stereocenters. The molecule has 2 N–H and O–H groups in total. The number of nitrogens with zero attached hydrogens (tertiary/aromatic N) is 2. The van der Waals surface area contributed by atoms with Crippen molar-refractivity contribution in [3.8, 4) is 0 Å². The van der Waals surface area contributed by atoms with E-state index < -0.39 is 29.5 Å². The minimum Gasteiger partial charge on any atom is -0.326 e. The monoisotopic (exact) mass is 416 g/mol. The zero-order valence-electron chi connectivity index (χ0n) is 15.4. The molecule has 0 saturated carbocycles. The Hall–Kier alpha value is -3.69. The number of carbonyl (C=O) groups is 2. The van der Waals surface area contributed by atoms with Crippen LogP contribution in [0, 0.1) is 5.92 Å². The lowest BCUT2D eigenvalue weighted by Crippen LogP contribution is -2.28. The Labute approximate surface area is 167 Å². The Morgan fingerprint density at radius 1 is 1.17 bits per heavy atom. The van der Waals surface area contributed by atoms with Gasteiger partial charge in [-0.05, 0) is 36.4 Å². The van der Waals surface area contributed by atoms with E-state index in [9.17, 15) is 27.6 Å². The molecule has 0 bridgehead atoms. The van der Waals surface area contributed by atoms with Crippen molar-refractivity contribution in [2.75, 3.05) is 16.8 Å². The van der Waals surface area contributed by atoms with E-state index in [1.807, 2.05) is 0 Å². The third-order valence-electron chi connectivity index (χ3n) is 4.89. The van der Waals surface area contributed by atoms with Crippen molar-refractivity contribution >= 4 is 34.1 Å². The van der Waals surface area contributed by atoms with Gasteiger partial charge in [0.2, 0.25) is 11.8 Å². The van der Waals surface area contributed by atoms with Crippen LogP contribution in [0.2, 0.25) is 0 Å². The van der Waals surface area contributed by atoms with Crippen molar-refractivity contribution in [3.05, 3.63) is 64.7 Å². The van der Waals surface area contributed by atoms with Gasteiger partial charge in [0, 0.05) is 24.3 Å². The highest BCUT2D eigenvalue weighted by molar-refractivity contribution is 6.04. The van der Waals surface area contributed by atoms with E-state index in [1.165, 1.54) is 29.4 Å². The summed E-state index contributed by atoms with van der Waals surface area (Å²) in [4.78, 5) is 44.5. The number of aromatic nitrogens is 2. The smallest absolute Gasteiger partial charge is 0.326 e. The average molecular weight is 416 g/mol. The third kappa shape index (κ3) is 3.76. The molecular weight excluding hydrogens is 401 g/mol. The number of H-pyrrole nitrogens is 1. The van der Waals surface area contributed by atoms with E-state index >= 15 is 0 Å². The molecule has 0 aliphatic carbocycles. The van der Waals surface area contributed by atoms with Crippen molar-refractivity contribution in [3.63, 3.8) is 0 Å². The van der Waals surface area contributed by atoms with Crippen LogP contribution in [-0.4, -0.2) is 28.3 Å². The third-order valence-corrected chi connectivity index (χ3v) is 4.89. The summed E-state index contributed by atoms with van der Waals surface area (Å²) in [6.45, 7) is -0.0400. The SMILES string of the molecule is O=C(Nc1ccc2nc[nH]c(=O)c2c1)C1CC(=O)N(c2cccc(C(F)(F)F)c2)C1. The van der Waals surface area contributed by atoms with Gasteiger partial charge in [0.1, 0.15) is 0 Å². The maximum absolute atomic E-state index is 12.9. The molecule has 0 radical (unpaired) electrons. The standard InChI is InChI=1S/C20H15F3N4O3/c21-20(22,23)12-2-1-3-14(7-12)27-9-11(6-17(27)28)18(29)26-13-4-5-16-15(8-13)19(30)25-10-24-16/h1-5,7-8,10-11H,6,9H2,(H,26,29)(H,24,25,30). The predicted octanol–water partition coefficient (Wildman–Crippen LogP) is 2.93. The van der Waals surface area contributed by atoms with Gasteiger partial charge in [-0.15, -0.1) is 0 Å². The van der Waals surface area contributed by atoms with Crippen molar-refractivity contribution in [1.82, 2.24) is 9.97 Å². The van der Waals surface area contributed by atoms with Crippen molar-refractivity contribution in [2.24, 2.45) is 5.92 Å². The number of fused-ring (bicyclic) bond motifs is 1. The normalized spacial score (nSPS) is 16.8. The first kappa shape index (κ1) is 19.6. The van der Waals surface area contributed by atoms with Gasteiger partial charge in [-0.25, -0.2) is 4.98 Å². The molecule has 2 amide bonds. The number of anilines is 2. The Balaban J connectivity index is 1.51. The maximum Gasteiger partial charge on any atom is 0.416 e. The first-order valence-electron chi connectivity index (χ1n) is 8.98. The molecule has 3 aromatic rings. The fourth-order valence-electron chi connectivity index (χ4n) is 3.37. The summed E-state index contributed by atoms with van der Waals surface area (Å²) >= 11 is 0. The van der Waals surface area contributed by atoms with Crippen molar-refractivity contribution in [2.45, 2.75) is 12.6 Å². The Morgan fingerprint density at radius 3 is 2.73 bits per heavy atom. The highest BCUT2D eigenvalue weighted by atomic mass is 19.4. The Kier molecular flexibility index (Phi) is 4.76. The Bertz CT molecular complexity index is 1210. The second-order valence-corrected chi connectivity index (χ2v) is 6.91. The van der Waals surface area contributed by atoms with Gasteiger partial charge in [-0.1, -0.05) is 6.07 Å². The lowest BCUT2D eigenvalue weighted by atomic mass is 10.1. The van der Waals surface area contributed by atoms with Crippen LogP contribution in [0.4, 0.5) is 24.5 Å². The van der Waals surface area contributed by atoms with Crippen molar-refractivity contribution in [1.29, 1.82) is 0 Å². The number of hydrogen-bond donors (Lipinski definition) is 2. The zero-order valence-corrected chi connectivity index (χ0v) is 15.4. The van der Waals surface area contributed by atoms with E-state index in [4.69, 9.17) is 0 Å². The first-order valence-corrected chi connectivity index (χ1v) is 8.98. The zero-order chi connectivity index (χ0) is 21.5. The molecular formula is C20H15F3N4O3. The maximum atomic E-state index is 12.9. The van der Waals surface area contributed by atoms with Crippen LogP contribution in [0.25, 0.3) is 10.9 Å². The van der Waals surface area contributed by atoms with E-state index in [-0.39, 0.29) is 24.2 Å². The predicted molar refractivity (Wildman–Crippen MR) is 103 cm³/mol. The van der Waals surface area contributed by atoms with Crippen LogP contribution in [0.3, 0.4) is 0 Å². The molecule has 1 aliphatic heterocycles. The molecule has 1 unspecified atom stereocenters. The topological polar surface area (TPSA) is 95.2 Å². The first-order chi connectivity index (χ1) is 14.2. The lowest BCUT2D eigenvalue weighted by Gasteiger charge is -2.18. The molecule has 1 aromatic heterocycles. The van der Waals surface area contributed by atoms with Crippen LogP contribution in [0.5, 0.6) is 0 Å². The molecule has 154 valence electrons. The van der Waals surface area contributed by atoms with E-state index in [2.05, 4.69) is 15.3 Å². The fraction of sp³-hybridized carbons (Fsp3) is 0.200. The molecule has 10 heteroatoms. The summed E-state index contributed by atoms with van der Waals surface area (Å²) in [6, 6.07) is 9.06. The minimum absolute atomic E-state index is 0.0400. The number of aromatic amines is 1. The number of alkyl halides is 3. The number of benzene rings is 2. The molecule has 1 saturated heterocycles. The summed E-state index contributed by atoms with van der Waals surface area (Å²) < 4.78 is 38.8. The number of rotatable bonds is 3. The van der Waals surface area contributed by atoms with Gasteiger partial charge in [0.15, 0.2) is 0 Å². The molecule has 2 heterocycles.